The van der Waals surface area contributed by atoms with Crippen LogP contribution in [0.1, 0.15) is 0 Å². The van der Waals surface area contributed by atoms with Crippen LogP contribution in [0.4, 0.5) is 0 Å². The van der Waals surface area contributed by atoms with Crippen molar-refractivity contribution in [3.8, 4) is 0 Å². The first-order chi connectivity index (χ1) is 7.15. The number of hydrogen-bond donors (Lipinski definition) is 1. The van der Waals surface area contributed by atoms with Gasteiger partial charge < -0.3 is 5.11 Å². The molecule has 0 aromatic carbocycles. The molecule has 1 aliphatic rings. The van der Waals surface area contributed by atoms with Crippen molar-refractivity contribution in [2.45, 2.75) is 0 Å². The second-order valence-corrected chi connectivity index (χ2v) is 2.86. The molecule has 0 aliphatic heterocycles. The zero-order chi connectivity index (χ0) is 11.3. The van der Waals surface area contributed by atoms with E-state index in [1.165, 1.54) is 6.08 Å². The number of ketones is 1. The molecule has 1 atom stereocenters. The van der Waals surface area contributed by atoms with Crippen LogP contribution in [-0.4, -0.2) is 22.8 Å². The highest BCUT2D eigenvalue weighted by molar-refractivity contribution is 6.37. The summed E-state index contributed by atoms with van der Waals surface area (Å²) in [7, 11) is 0. The van der Waals surface area contributed by atoms with Crippen LogP contribution in [-0.2, 0) is 14.4 Å². The second-order valence-electron chi connectivity index (χ2n) is 2.86. The zero-order valence-electron chi connectivity index (χ0n) is 7.71. The van der Waals surface area contributed by atoms with E-state index in [9.17, 15) is 14.4 Å². The number of hydrogen-bond acceptors (Lipinski definition) is 3. The summed E-state index contributed by atoms with van der Waals surface area (Å²) in [6, 6.07) is 0. The fraction of sp³-hybridized carbons (Fsp3) is 0.0909. The summed E-state index contributed by atoms with van der Waals surface area (Å²) in [5.74, 6) is -1.18. The van der Waals surface area contributed by atoms with Crippen molar-refractivity contribution in [3.05, 3.63) is 42.0 Å². The van der Waals surface area contributed by atoms with Gasteiger partial charge in [0.1, 0.15) is 5.94 Å². The van der Waals surface area contributed by atoms with Gasteiger partial charge in [0.15, 0.2) is 0 Å². The molecule has 0 amide bonds. The Labute approximate surface area is 85.9 Å². The van der Waals surface area contributed by atoms with Gasteiger partial charge in [-0.2, -0.15) is 0 Å². The highest BCUT2D eigenvalue weighted by atomic mass is 16.4. The van der Waals surface area contributed by atoms with Gasteiger partial charge in [0, 0.05) is 11.5 Å². The highest BCUT2D eigenvalue weighted by Crippen LogP contribution is 2.17. The predicted molar refractivity (Wildman–Crippen MR) is 52.8 cm³/mol. The normalized spacial score (nSPS) is 19.2. The molecule has 0 heterocycles. The number of aliphatic carboxylic acids is 1. The minimum absolute atomic E-state index is 0.368. The van der Waals surface area contributed by atoms with E-state index in [-0.39, 0.29) is 5.92 Å². The lowest BCUT2D eigenvalue weighted by Crippen LogP contribution is -2.09. The van der Waals surface area contributed by atoms with Crippen molar-refractivity contribution < 1.29 is 19.5 Å². The van der Waals surface area contributed by atoms with Gasteiger partial charge in [0.2, 0.25) is 0 Å². The molecular weight excluding hydrogens is 196 g/mol. The molecule has 4 nitrogen and oxygen atoms in total. The number of allylic oxidation sites excluding steroid dienone is 6. The molecule has 0 saturated heterocycles. The minimum atomic E-state index is -1.52. The minimum Gasteiger partial charge on any atom is -0.475 e. The number of carbonyl (C=O) groups excluding carboxylic acids is 2. The number of carboxylic acids is 1. The van der Waals surface area contributed by atoms with Crippen LogP contribution in [0.2, 0.25) is 0 Å². The molecule has 0 aromatic heterocycles. The maximum Gasteiger partial charge on any atom is 0.376 e. The van der Waals surface area contributed by atoms with Gasteiger partial charge in [-0.25, -0.2) is 9.59 Å². The molecule has 76 valence electrons. The fourth-order valence-corrected chi connectivity index (χ4v) is 1.09. The first kappa shape index (κ1) is 10.9. The Hall–Kier alpha value is -2.19. The van der Waals surface area contributed by atoms with Crippen LogP contribution < -0.4 is 0 Å². The quantitative estimate of drug-likeness (QED) is 0.417. The molecular formula is C11H8O4. The Morgan fingerprint density at radius 2 is 2.13 bits per heavy atom. The van der Waals surface area contributed by atoms with E-state index in [4.69, 9.17) is 5.11 Å². The van der Waals surface area contributed by atoms with Gasteiger partial charge >= 0.3 is 5.97 Å². The first-order valence-corrected chi connectivity index (χ1v) is 4.20. The number of rotatable bonds is 3. The third kappa shape index (κ3) is 2.90. The van der Waals surface area contributed by atoms with Gasteiger partial charge in [0.05, 0.1) is 0 Å². The van der Waals surface area contributed by atoms with Gasteiger partial charge in [0.25, 0.3) is 5.78 Å². The Balaban J connectivity index is 2.78. The molecule has 1 N–H and O–H groups in total. The molecule has 0 fully saturated rings. The van der Waals surface area contributed by atoms with Gasteiger partial charge in [-0.1, -0.05) is 24.3 Å². The van der Waals surface area contributed by atoms with Crippen molar-refractivity contribution in [1.29, 1.82) is 0 Å². The van der Waals surface area contributed by atoms with Gasteiger partial charge in [-0.15, -0.1) is 0 Å². The monoisotopic (exact) mass is 204 g/mol. The lowest BCUT2D eigenvalue weighted by Gasteiger charge is -2.07. The molecule has 1 rings (SSSR count). The van der Waals surface area contributed by atoms with Gasteiger partial charge in [-0.05, 0) is 12.2 Å². The molecule has 0 radical (unpaired) electrons. The molecule has 4 heteroatoms. The molecule has 0 aromatic rings. The molecule has 0 spiro atoms. The molecule has 0 bridgehead atoms. The third-order valence-electron chi connectivity index (χ3n) is 1.85. The Kier molecular flexibility index (Phi) is 3.55. The summed E-state index contributed by atoms with van der Waals surface area (Å²) < 4.78 is 0. The van der Waals surface area contributed by atoms with E-state index in [1.54, 1.807) is 30.2 Å². The predicted octanol–water partition coefficient (Wildman–Crippen LogP) is 0.696. The largest absolute Gasteiger partial charge is 0.475 e. The SMILES string of the molecule is O=C=C1C=CC=CC1/C=C/C(=O)C(=O)O. The summed E-state index contributed by atoms with van der Waals surface area (Å²) >= 11 is 0. The summed E-state index contributed by atoms with van der Waals surface area (Å²) in [6.45, 7) is 0. The Bertz CT molecular complexity index is 420. The zero-order valence-corrected chi connectivity index (χ0v) is 7.71. The molecule has 1 unspecified atom stereocenters. The van der Waals surface area contributed by atoms with Crippen LogP contribution in [0.5, 0.6) is 0 Å². The lowest BCUT2D eigenvalue weighted by atomic mass is 9.95. The number of carbonyl (C=O) groups is 2. The summed E-state index contributed by atoms with van der Waals surface area (Å²) in [6.07, 6.45) is 8.91. The van der Waals surface area contributed by atoms with Crippen LogP contribution in [0.15, 0.2) is 42.0 Å². The first-order valence-electron chi connectivity index (χ1n) is 4.20. The van der Waals surface area contributed by atoms with Crippen molar-refractivity contribution in [2.75, 3.05) is 0 Å². The van der Waals surface area contributed by atoms with E-state index in [0.29, 0.717) is 5.57 Å². The summed E-state index contributed by atoms with van der Waals surface area (Å²) in [5.41, 5.74) is 0.368. The fourth-order valence-electron chi connectivity index (χ4n) is 1.09. The van der Waals surface area contributed by atoms with Crippen LogP contribution in [0, 0.1) is 5.92 Å². The second kappa shape index (κ2) is 4.88. The van der Waals surface area contributed by atoms with Gasteiger partial charge in [-0.3, -0.25) is 4.79 Å². The average molecular weight is 204 g/mol. The maximum atomic E-state index is 10.7. The highest BCUT2D eigenvalue weighted by Gasteiger charge is 2.11. The van der Waals surface area contributed by atoms with E-state index >= 15 is 0 Å². The molecule has 1 aliphatic carbocycles. The van der Waals surface area contributed by atoms with Crippen molar-refractivity contribution in [1.82, 2.24) is 0 Å². The Morgan fingerprint density at radius 3 is 2.73 bits per heavy atom. The Morgan fingerprint density at radius 1 is 1.40 bits per heavy atom. The number of carboxylic acid groups (broad SMARTS) is 1. The molecule has 15 heavy (non-hydrogen) atoms. The van der Waals surface area contributed by atoms with E-state index in [0.717, 1.165) is 6.08 Å². The van der Waals surface area contributed by atoms with E-state index < -0.39 is 11.8 Å². The van der Waals surface area contributed by atoms with Crippen molar-refractivity contribution >= 4 is 17.7 Å². The third-order valence-corrected chi connectivity index (χ3v) is 1.85. The summed E-state index contributed by atoms with van der Waals surface area (Å²) in [4.78, 5) is 31.4. The average Bonchev–Trinajstić information content (AvgIpc) is 2.26. The standard InChI is InChI=1S/C11H8O4/c12-7-9-4-2-1-3-8(9)5-6-10(13)11(14)15/h1-6,8H,(H,14,15)/b6-5+. The van der Waals surface area contributed by atoms with Crippen LogP contribution >= 0.6 is 0 Å². The topological polar surface area (TPSA) is 71.4 Å². The van der Waals surface area contributed by atoms with Crippen molar-refractivity contribution in [3.63, 3.8) is 0 Å². The van der Waals surface area contributed by atoms with Crippen LogP contribution in [0.3, 0.4) is 0 Å². The smallest absolute Gasteiger partial charge is 0.376 e. The van der Waals surface area contributed by atoms with Crippen molar-refractivity contribution in [2.24, 2.45) is 5.92 Å². The van der Waals surface area contributed by atoms with Crippen LogP contribution in [0.25, 0.3) is 0 Å². The van der Waals surface area contributed by atoms with E-state index in [2.05, 4.69) is 0 Å². The lowest BCUT2D eigenvalue weighted by molar-refractivity contribution is -0.146. The molecule has 0 saturated carbocycles. The summed E-state index contributed by atoms with van der Waals surface area (Å²) in [5, 5.41) is 8.32. The maximum absolute atomic E-state index is 10.7. The van der Waals surface area contributed by atoms with E-state index in [1.807, 2.05) is 0 Å².